The second-order valence-electron chi connectivity index (χ2n) is 27.8. The predicted molar refractivity (Wildman–Crippen MR) is 437 cm³/mol. The number of benzene rings is 14. The molecular weight excluding hydrogens is 1300 g/mol. The third-order valence-electron chi connectivity index (χ3n) is 22.1. The van der Waals surface area contributed by atoms with E-state index < -0.39 is 0 Å². The molecule has 0 atom stereocenters. The fourth-order valence-corrected chi connectivity index (χ4v) is 17.4. The van der Waals surface area contributed by atoms with E-state index in [9.17, 15) is 4.79 Å². The number of pyridine rings is 3. The fraction of sp³-hybridized carbons (Fsp3) is 0.0208. The summed E-state index contributed by atoms with van der Waals surface area (Å²) in [6, 6.07) is 110. The van der Waals surface area contributed by atoms with Gasteiger partial charge in [-0.2, -0.15) is 0 Å². The molecular formula is C96H59N7O3. The van der Waals surface area contributed by atoms with Crippen molar-refractivity contribution in [1.82, 2.24) is 27.8 Å². The first-order valence-electron chi connectivity index (χ1n) is 36.0. The van der Waals surface area contributed by atoms with Crippen LogP contribution in [0.4, 0.5) is 0 Å². The number of furan rings is 1. The molecule has 10 nitrogen and oxygen atoms in total. The number of hydrogen-bond acceptors (Lipinski definition) is 5. The fourth-order valence-electron chi connectivity index (χ4n) is 17.4. The molecule has 0 aliphatic carbocycles. The number of para-hydroxylation sites is 6. The summed E-state index contributed by atoms with van der Waals surface area (Å²) in [5, 5.41) is 14.2. The van der Waals surface area contributed by atoms with Gasteiger partial charge in [0.1, 0.15) is 17.2 Å². The molecule has 21 aromatic rings. The van der Waals surface area contributed by atoms with Crippen LogP contribution in [-0.2, 0) is 6.42 Å². The van der Waals surface area contributed by atoms with Gasteiger partial charge in [-0.05, 0) is 189 Å². The van der Waals surface area contributed by atoms with Crippen molar-refractivity contribution in [1.29, 1.82) is 0 Å². The van der Waals surface area contributed by atoms with Crippen LogP contribution in [0.2, 0.25) is 0 Å². The lowest BCUT2D eigenvalue weighted by molar-refractivity contribution is 0.671. The number of aryl methyl sites for hydroxylation is 1. The third kappa shape index (κ3) is 8.85. The summed E-state index contributed by atoms with van der Waals surface area (Å²) in [5.74, 6) is 1.45. The molecule has 0 saturated carbocycles. The SMILES string of the molecule is O=c1c2c(c3ccccc3n1-c1ccccc1)CC/C=C(/n1c3ccc(-c4ccc5c(c4)c4c6ccccc6oc4c4c5c5ccccc5n4-c4cc5c6ccccc6c(=O)n(-c6cccc(-c7ccccc7)c6)c5cn4)cc3c3cc(-c4ccc5c(c4)c4ccccc4n5-c4ccccc4)ccc31)N=C2. The standard InChI is InChI=1S/C96H59N7O3/c104-95-72-33-11-10-30-68(72)78-55-90(98-57-87(78)101(95)66-29-20-24-59(50-66)58-22-4-1-5-23-58)103-83-39-18-14-34-73(83)91-71-46-42-60(54-79(71)92-74-35-15-19-40-88(74)106-94(92)93(91)103)62-44-48-85-76(52-62)77-53-63(61-43-47-84-75(51-61)70-32-13-16-37-81(70)99(84)64-25-6-2-7-26-64)45-49-86(77)102(85)89-41-21-36-67-69-31-12-17-38-82(69)100(65-27-8-3-9-28-65)96(105)80(67)56-97-89/h1-20,22-35,37-57H,21,36H2/b89-41+,97-56?. The quantitative estimate of drug-likeness (QED) is 0.142. The Morgan fingerprint density at radius 1 is 0.311 bits per heavy atom. The number of allylic oxidation sites excluding steroid dienone is 1. The van der Waals surface area contributed by atoms with Crippen LogP contribution in [0, 0.1) is 0 Å². The second kappa shape index (κ2) is 23.2. The average molecular weight is 1360 g/mol. The molecule has 1 aliphatic heterocycles. The van der Waals surface area contributed by atoms with E-state index in [4.69, 9.17) is 14.4 Å². The van der Waals surface area contributed by atoms with Crippen molar-refractivity contribution in [2.75, 3.05) is 0 Å². The summed E-state index contributed by atoms with van der Waals surface area (Å²) in [4.78, 5) is 40.7. The van der Waals surface area contributed by atoms with Crippen molar-refractivity contribution in [3.05, 3.63) is 360 Å². The number of nitrogens with zero attached hydrogens (tertiary/aromatic N) is 7. The van der Waals surface area contributed by atoms with Crippen LogP contribution in [0.5, 0.6) is 0 Å². The molecule has 0 unspecified atom stereocenters. The summed E-state index contributed by atoms with van der Waals surface area (Å²) in [7, 11) is 0. The van der Waals surface area contributed by atoms with Gasteiger partial charge in [0.05, 0.1) is 55.9 Å². The highest BCUT2D eigenvalue weighted by Crippen LogP contribution is 2.48. The highest BCUT2D eigenvalue weighted by atomic mass is 16.3. The Bertz CT molecular complexity index is 7560. The van der Waals surface area contributed by atoms with Gasteiger partial charge in [0, 0.05) is 82.5 Å². The van der Waals surface area contributed by atoms with Gasteiger partial charge in [0.25, 0.3) is 11.1 Å². The summed E-state index contributed by atoms with van der Waals surface area (Å²) in [5.41, 5.74) is 19.7. The van der Waals surface area contributed by atoms with Gasteiger partial charge in [-0.1, -0.05) is 200 Å². The summed E-state index contributed by atoms with van der Waals surface area (Å²) in [6.45, 7) is 0. The highest BCUT2D eigenvalue weighted by Gasteiger charge is 2.27. The summed E-state index contributed by atoms with van der Waals surface area (Å²) >= 11 is 0. The maximum absolute atomic E-state index is 15.1. The molecule has 1 aliphatic rings. The zero-order valence-corrected chi connectivity index (χ0v) is 57.0. The maximum Gasteiger partial charge on any atom is 0.264 e. The first-order valence-corrected chi connectivity index (χ1v) is 36.0. The Morgan fingerprint density at radius 3 is 1.50 bits per heavy atom. The van der Waals surface area contributed by atoms with Gasteiger partial charge in [0.2, 0.25) is 0 Å². The van der Waals surface area contributed by atoms with E-state index in [1.807, 2.05) is 125 Å². The van der Waals surface area contributed by atoms with Crippen LogP contribution in [0.3, 0.4) is 0 Å². The number of rotatable bonds is 8. The van der Waals surface area contributed by atoms with Gasteiger partial charge < -0.3 is 8.98 Å². The van der Waals surface area contributed by atoms with Crippen LogP contribution in [-0.4, -0.2) is 34.0 Å². The van der Waals surface area contributed by atoms with Crippen molar-refractivity contribution < 1.29 is 4.42 Å². The number of aliphatic imine (C=N–C) groups is 1. The molecule has 0 fully saturated rings. The lowest BCUT2D eigenvalue weighted by atomic mass is 9.94. The number of fused-ring (bicyclic) bond motifs is 22. The Hall–Kier alpha value is -14.2. The zero-order chi connectivity index (χ0) is 69.8. The lowest BCUT2D eigenvalue weighted by Gasteiger charge is -2.18. The topological polar surface area (TPSA) is 97.2 Å². The van der Waals surface area contributed by atoms with Crippen molar-refractivity contribution in [2.45, 2.75) is 12.8 Å². The first-order chi connectivity index (χ1) is 52.4. The zero-order valence-electron chi connectivity index (χ0n) is 57.0. The monoisotopic (exact) mass is 1360 g/mol. The molecule has 7 aromatic heterocycles. The van der Waals surface area contributed by atoms with Crippen LogP contribution in [0.15, 0.2) is 347 Å². The minimum Gasteiger partial charge on any atom is -0.454 e. The highest BCUT2D eigenvalue weighted by molar-refractivity contribution is 6.35. The molecule has 0 spiro atoms. The Kier molecular flexibility index (Phi) is 13.0. The van der Waals surface area contributed by atoms with E-state index in [-0.39, 0.29) is 11.1 Å². The number of aromatic nitrogens is 6. The maximum atomic E-state index is 15.1. The molecule has 0 bridgehead atoms. The van der Waals surface area contributed by atoms with E-state index >= 15 is 4.79 Å². The first kappa shape index (κ1) is 59.5. The van der Waals surface area contributed by atoms with Crippen molar-refractivity contribution in [3.8, 4) is 56.3 Å². The molecule has 8 heterocycles. The smallest absolute Gasteiger partial charge is 0.264 e. The molecule has 22 rings (SSSR count). The number of hydrogen-bond donors (Lipinski definition) is 0. The van der Waals surface area contributed by atoms with Crippen LogP contribution < -0.4 is 11.1 Å². The van der Waals surface area contributed by atoms with Gasteiger partial charge in [-0.15, -0.1) is 0 Å². The van der Waals surface area contributed by atoms with Crippen molar-refractivity contribution >= 4 is 143 Å². The van der Waals surface area contributed by atoms with Gasteiger partial charge in [-0.3, -0.25) is 27.9 Å². The van der Waals surface area contributed by atoms with Crippen molar-refractivity contribution in [3.63, 3.8) is 0 Å². The van der Waals surface area contributed by atoms with Gasteiger partial charge in [0.15, 0.2) is 5.58 Å². The average Bonchev–Trinajstić information content (AvgIpc) is 1.53. The molecule has 0 N–H and O–H groups in total. The molecule has 106 heavy (non-hydrogen) atoms. The van der Waals surface area contributed by atoms with E-state index in [0.29, 0.717) is 35.1 Å². The normalized spacial score (nSPS) is 13.2. The minimum absolute atomic E-state index is 0.0976. The van der Waals surface area contributed by atoms with Gasteiger partial charge in [-0.25, -0.2) is 9.98 Å². The van der Waals surface area contributed by atoms with Crippen LogP contribution in [0.25, 0.3) is 193 Å². The summed E-state index contributed by atoms with van der Waals surface area (Å²) < 4.78 is 17.8. The van der Waals surface area contributed by atoms with E-state index in [1.54, 1.807) is 0 Å². The molecule has 10 heteroatoms. The second-order valence-corrected chi connectivity index (χ2v) is 27.8. The van der Waals surface area contributed by atoms with Crippen molar-refractivity contribution in [2.24, 2.45) is 4.99 Å². The van der Waals surface area contributed by atoms with E-state index in [2.05, 4.69) is 232 Å². The lowest BCUT2D eigenvalue weighted by Crippen LogP contribution is -2.25. The summed E-state index contributed by atoms with van der Waals surface area (Å²) in [6.07, 6.45) is 7.24. The van der Waals surface area contributed by atoms with Crippen LogP contribution in [0.1, 0.15) is 17.5 Å². The molecule has 496 valence electrons. The Balaban J connectivity index is 0.740. The molecule has 0 amide bonds. The van der Waals surface area contributed by atoms with E-state index in [1.165, 1.54) is 10.8 Å². The third-order valence-corrected chi connectivity index (χ3v) is 22.1. The Labute approximate surface area is 605 Å². The minimum atomic E-state index is -0.110. The predicted octanol–water partition coefficient (Wildman–Crippen LogP) is 23.1. The Morgan fingerprint density at radius 2 is 0.802 bits per heavy atom. The largest absolute Gasteiger partial charge is 0.454 e. The molecule has 0 radical (unpaired) electrons. The van der Waals surface area contributed by atoms with Crippen LogP contribution >= 0.6 is 0 Å². The molecule has 14 aromatic carbocycles. The molecule has 0 saturated heterocycles. The van der Waals surface area contributed by atoms with Gasteiger partial charge >= 0.3 is 0 Å². The van der Waals surface area contributed by atoms with E-state index in [0.717, 1.165) is 171 Å².